The topological polar surface area (TPSA) is 70.3 Å². The Morgan fingerprint density at radius 3 is 2.31 bits per heavy atom. The van der Waals surface area contributed by atoms with E-state index in [-0.39, 0.29) is 16.8 Å². The molecule has 0 fully saturated rings. The summed E-state index contributed by atoms with van der Waals surface area (Å²) in [6, 6.07) is 25.5. The second-order valence-corrected chi connectivity index (χ2v) is 8.83. The molecule has 5 heteroatoms. The summed E-state index contributed by atoms with van der Waals surface area (Å²) < 4.78 is 3.77. The minimum absolute atomic E-state index is 0.0888. The van der Waals surface area contributed by atoms with E-state index in [1.54, 1.807) is 11.6 Å². The van der Waals surface area contributed by atoms with Gasteiger partial charge in [0.2, 0.25) is 5.95 Å². The van der Waals surface area contributed by atoms with Crippen LogP contribution in [0, 0.1) is 22.7 Å². The fraction of sp³-hybridized carbons (Fsp3) is 0.148. The van der Waals surface area contributed by atoms with Crippen LogP contribution >= 0.6 is 0 Å². The molecule has 0 N–H and O–H groups in total. The Morgan fingerprint density at radius 2 is 1.56 bits per heavy atom. The van der Waals surface area contributed by atoms with Gasteiger partial charge in [-0.25, -0.2) is 0 Å². The van der Waals surface area contributed by atoms with E-state index in [4.69, 9.17) is 0 Å². The predicted molar refractivity (Wildman–Crippen MR) is 125 cm³/mol. The molecule has 0 aliphatic heterocycles. The van der Waals surface area contributed by atoms with Gasteiger partial charge < -0.3 is 4.57 Å². The molecule has 1 aliphatic carbocycles. The van der Waals surface area contributed by atoms with Crippen LogP contribution in [0.2, 0.25) is 0 Å². The lowest BCUT2D eigenvalue weighted by atomic mass is 9.82. The molecule has 3 aromatic carbocycles. The van der Waals surface area contributed by atoms with Crippen molar-refractivity contribution in [3.8, 4) is 29.2 Å². The first kappa shape index (κ1) is 18.4. The van der Waals surface area contributed by atoms with Crippen LogP contribution in [0.1, 0.15) is 36.4 Å². The molecule has 0 atom stereocenters. The SMILES string of the molecule is Cn1c(-n2c3ccccc3c3cc4c(cc32)-c2ccccc2C4(C)C)nc(C#N)c1C#N. The van der Waals surface area contributed by atoms with Crippen molar-refractivity contribution >= 4 is 21.8 Å². The molecule has 6 rings (SSSR count). The summed E-state index contributed by atoms with van der Waals surface area (Å²) >= 11 is 0. The van der Waals surface area contributed by atoms with Crippen LogP contribution in [0.3, 0.4) is 0 Å². The first-order valence-electron chi connectivity index (χ1n) is 10.5. The maximum Gasteiger partial charge on any atom is 0.216 e. The Balaban J connectivity index is 1.79. The van der Waals surface area contributed by atoms with Crippen molar-refractivity contribution in [2.75, 3.05) is 0 Å². The van der Waals surface area contributed by atoms with Gasteiger partial charge in [-0.05, 0) is 40.5 Å². The smallest absolute Gasteiger partial charge is 0.216 e. The van der Waals surface area contributed by atoms with E-state index in [9.17, 15) is 10.5 Å². The minimum atomic E-state index is -0.0888. The van der Waals surface area contributed by atoms with Gasteiger partial charge in [0.1, 0.15) is 12.1 Å². The van der Waals surface area contributed by atoms with Gasteiger partial charge in [0.15, 0.2) is 11.4 Å². The van der Waals surface area contributed by atoms with E-state index in [1.807, 2.05) is 12.1 Å². The Hall–Kier alpha value is -4.35. The molecule has 0 radical (unpaired) electrons. The molecule has 2 aromatic heterocycles. The quantitative estimate of drug-likeness (QED) is 0.361. The summed E-state index contributed by atoms with van der Waals surface area (Å²) in [5, 5.41) is 21.4. The van der Waals surface area contributed by atoms with Gasteiger partial charge in [-0.3, -0.25) is 4.57 Å². The average molecular weight is 413 g/mol. The van der Waals surface area contributed by atoms with Crippen LogP contribution in [0.5, 0.6) is 0 Å². The molecular formula is C27H19N5. The fourth-order valence-electron chi connectivity index (χ4n) is 5.27. The van der Waals surface area contributed by atoms with E-state index in [1.165, 1.54) is 22.3 Å². The molecule has 0 saturated heterocycles. The first-order valence-corrected chi connectivity index (χ1v) is 10.5. The molecule has 5 aromatic rings. The third-order valence-corrected chi connectivity index (χ3v) is 6.86. The van der Waals surface area contributed by atoms with Crippen LogP contribution in [0.25, 0.3) is 38.9 Å². The van der Waals surface area contributed by atoms with Crippen molar-refractivity contribution in [1.82, 2.24) is 14.1 Å². The van der Waals surface area contributed by atoms with Gasteiger partial charge >= 0.3 is 0 Å². The lowest BCUT2D eigenvalue weighted by Crippen LogP contribution is -2.14. The van der Waals surface area contributed by atoms with Gasteiger partial charge in [0.25, 0.3) is 0 Å². The number of rotatable bonds is 1. The second kappa shape index (κ2) is 6.09. The minimum Gasteiger partial charge on any atom is -0.303 e. The Labute approximate surface area is 185 Å². The average Bonchev–Trinajstić information content (AvgIpc) is 3.38. The highest BCUT2D eigenvalue weighted by atomic mass is 15.2. The van der Waals surface area contributed by atoms with Crippen molar-refractivity contribution < 1.29 is 0 Å². The van der Waals surface area contributed by atoms with Gasteiger partial charge in [0.05, 0.1) is 11.0 Å². The van der Waals surface area contributed by atoms with Gasteiger partial charge in [-0.2, -0.15) is 15.5 Å². The number of hydrogen-bond donors (Lipinski definition) is 0. The molecule has 0 unspecified atom stereocenters. The number of fused-ring (bicyclic) bond motifs is 6. The van der Waals surface area contributed by atoms with Crippen molar-refractivity contribution in [1.29, 1.82) is 10.5 Å². The van der Waals surface area contributed by atoms with Crippen LogP contribution < -0.4 is 0 Å². The van der Waals surface area contributed by atoms with Crippen molar-refractivity contribution in [2.24, 2.45) is 7.05 Å². The number of benzene rings is 3. The number of nitrogens with zero attached hydrogens (tertiary/aromatic N) is 5. The summed E-state index contributed by atoms with van der Waals surface area (Å²) in [4.78, 5) is 4.55. The zero-order chi connectivity index (χ0) is 22.2. The number of hydrogen-bond acceptors (Lipinski definition) is 3. The largest absolute Gasteiger partial charge is 0.303 e. The second-order valence-electron chi connectivity index (χ2n) is 8.83. The highest BCUT2D eigenvalue weighted by Crippen LogP contribution is 2.50. The van der Waals surface area contributed by atoms with Gasteiger partial charge in [0, 0.05) is 23.2 Å². The first-order chi connectivity index (χ1) is 15.5. The van der Waals surface area contributed by atoms with E-state index in [0.717, 1.165) is 21.8 Å². The third kappa shape index (κ3) is 2.12. The number of para-hydroxylation sites is 1. The molecule has 0 bridgehead atoms. The Kier molecular flexibility index (Phi) is 3.51. The Bertz CT molecular complexity index is 1680. The van der Waals surface area contributed by atoms with Crippen molar-refractivity contribution in [3.05, 3.63) is 83.2 Å². The summed E-state index contributed by atoms with van der Waals surface area (Å²) in [5.41, 5.74) is 7.44. The summed E-state index contributed by atoms with van der Waals surface area (Å²) in [5.74, 6) is 0.565. The molecule has 0 spiro atoms. The normalized spacial score (nSPS) is 13.7. The number of nitriles is 2. The maximum atomic E-state index is 9.59. The van der Waals surface area contributed by atoms with Crippen molar-refractivity contribution in [2.45, 2.75) is 19.3 Å². The number of aromatic nitrogens is 3. The highest BCUT2D eigenvalue weighted by Gasteiger charge is 2.36. The molecule has 1 aliphatic rings. The zero-order valence-electron chi connectivity index (χ0n) is 18.0. The molecule has 5 nitrogen and oxygen atoms in total. The monoisotopic (exact) mass is 413 g/mol. The predicted octanol–water partition coefficient (Wildman–Crippen LogP) is 5.57. The fourth-order valence-corrected chi connectivity index (χ4v) is 5.27. The van der Waals surface area contributed by atoms with Crippen LogP contribution in [-0.2, 0) is 12.5 Å². The molecule has 32 heavy (non-hydrogen) atoms. The third-order valence-electron chi connectivity index (χ3n) is 6.86. The standard InChI is InChI=1S/C27H19N5/c1-27(2)20-10-6-4-8-16(20)18-13-24-19(12-21(18)27)17-9-5-7-11-23(17)32(24)26-30-22(14-28)25(15-29)31(26)3/h4-13H,1-3H3. The van der Waals surface area contributed by atoms with E-state index in [2.05, 4.69) is 84.1 Å². The van der Waals surface area contributed by atoms with E-state index >= 15 is 0 Å². The summed E-state index contributed by atoms with van der Waals surface area (Å²) in [6.45, 7) is 4.56. The molecule has 2 heterocycles. The molecule has 152 valence electrons. The maximum absolute atomic E-state index is 9.59. The summed E-state index contributed by atoms with van der Waals surface area (Å²) in [6.07, 6.45) is 0. The van der Waals surface area contributed by atoms with Gasteiger partial charge in [-0.1, -0.05) is 56.3 Å². The lowest BCUT2D eigenvalue weighted by molar-refractivity contribution is 0.661. The number of imidazole rings is 1. The molecular weight excluding hydrogens is 394 g/mol. The Morgan fingerprint density at radius 1 is 0.812 bits per heavy atom. The van der Waals surface area contributed by atoms with Crippen LogP contribution in [-0.4, -0.2) is 14.1 Å². The van der Waals surface area contributed by atoms with E-state index in [0.29, 0.717) is 5.95 Å². The zero-order valence-corrected chi connectivity index (χ0v) is 18.0. The summed E-state index contributed by atoms with van der Waals surface area (Å²) in [7, 11) is 1.79. The molecule has 0 amide bonds. The van der Waals surface area contributed by atoms with Crippen molar-refractivity contribution in [3.63, 3.8) is 0 Å². The van der Waals surface area contributed by atoms with Crippen LogP contribution in [0.15, 0.2) is 60.7 Å². The van der Waals surface area contributed by atoms with Gasteiger partial charge in [-0.15, -0.1) is 0 Å². The van der Waals surface area contributed by atoms with E-state index < -0.39 is 0 Å². The van der Waals surface area contributed by atoms with Crippen LogP contribution in [0.4, 0.5) is 0 Å². The molecule has 0 saturated carbocycles. The lowest BCUT2D eigenvalue weighted by Gasteiger charge is -2.21. The highest BCUT2D eigenvalue weighted by molar-refractivity contribution is 6.11.